The summed E-state index contributed by atoms with van der Waals surface area (Å²) in [5.74, 6) is -1.24. The van der Waals surface area contributed by atoms with E-state index in [0.717, 1.165) is 6.07 Å². The third-order valence-electron chi connectivity index (χ3n) is 3.64. The maximum atomic E-state index is 14.2. The normalized spacial score (nSPS) is 24.2. The second-order valence-electron chi connectivity index (χ2n) is 6.83. The first-order valence-electron chi connectivity index (χ1n) is 7.50. The molecular formula is C16H19F4NO4. The smallest absolute Gasteiger partial charge is 0.416 e. The summed E-state index contributed by atoms with van der Waals surface area (Å²) in [5, 5.41) is 13.1. The van der Waals surface area contributed by atoms with Crippen LogP contribution >= 0.6 is 0 Å². The van der Waals surface area contributed by atoms with E-state index in [1.54, 1.807) is 20.8 Å². The molecule has 1 aliphatic rings. The van der Waals surface area contributed by atoms with Gasteiger partial charge in [0.15, 0.2) is 0 Å². The number of aliphatic hydroxyl groups is 1. The quantitative estimate of drug-likeness (QED) is 0.791. The number of alkyl carbamates (subject to hydrolysis) is 1. The van der Waals surface area contributed by atoms with Crippen molar-refractivity contribution in [1.29, 1.82) is 0 Å². The number of halogens is 4. The van der Waals surface area contributed by atoms with Crippen LogP contribution in [-0.4, -0.2) is 36.1 Å². The van der Waals surface area contributed by atoms with Crippen LogP contribution in [0.25, 0.3) is 0 Å². The number of benzene rings is 1. The van der Waals surface area contributed by atoms with Crippen LogP contribution in [0.3, 0.4) is 0 Å². The topological polar surface area (TPSA) is 67.8 Å². The van der Waals surface area contributed by atoms with Crippen molar-refractivity contribution >= 4 is 6.09 Å². The third kappa shape index (κ3) is 4.40. The molecule has 0 radical (unpaired) electrons. The zero-order chi connectivity index (χ0) is 19.0. The van der Waals surface area contributed by atoms with E-state index in [1.807, 2.05) is 0 Å². The highest BCUT2D eigenvalue weighted by atomic mass is 19.4. The largest absolute Gasteiger partial charge is 0.444 e. The van der Waals surface area contributed by atoms with Crippen molar-refractivity contribution in [2.24, 2.45) is 0 Å². The van der Waals surface area contributed by atoms with E-state index < -0.39 is 40.9 Å². The SMILES string of the molecule is CC(C)(C)OC(=O)NC1COCC1(O)c1ccc(C(F)(F)F)cc1F. The second-order valence-corrected chi connectivity index (χ2v) is 6.83. The summed E-state index contributed by atoms with van der Waals surface area (Å²) in [6.07, 6.45) is -5.56. The molecule has 0 aliphatic carbocycles. The minimum Gasteiger partial charge on any atom is -0.444 e. The highest BCUT2D eigenvalue weighted by molar-refractivity contribution is 5.68. The lowest BCUT2D eigenvalue weighted by molar-refractivity contribution is -0.137. The number of hydrogen-bond acceptors (Lipinski definition) is 4. The molecule has 0 saturated carbocycles. The molecule has 5 nitrogen and oxygen atoms in total. The van der Waals surface area contributed by atoms with Crippen molar-refractivity contribution in [3.05, 3.63) is 35.1 Å². The Balaban J connectivity index is 2.25. The van der Waals surface area contributed by atoms with Gasteiger partial charge in [0.25, 0.3) is 0 Å². The Hall–Kier alpha value is -1.87. The van der Waals surface area contributed by atoms with Gasteiger partial charge in [-0.25, -0.2) is 9.18 Å². The molecule has 1 aliphatic heterocycles. The fourth-order valence-corrected chi connectivity index (χ4v) is 2.49. The van der Waals surface area contributed by atoms with Crippen LogP contribution in [0.1, 0.15) is 31.9 Å². The van der Waals surface area contributed by atoms with Gasteiger partial charge in [0.2, 0.25) is 0 Å². The van der Waals surface area contributed by atoms with E-state index in [1.165, 1.54) is 0 Å². The molecule has 0 spiro atoms. The lowest BCUT2D eigenvalue weighted by Crippen LogP contribution is -2.51. The predicted molar refractivity (Wildman–Crippen MR) is 79.3 cm³/mol. The zero-order valence-corrected chi connectivity index (χ0v) is 13.9. The highest BCUT2D eigenvalue weighted by Gasteiger charge is 2.47. The Labute approximate surface area is 141 Å². The van der Waals surface area contributed by atoms with Gasteiger partial charge in [-0.05, 0) is 32.9 Å². The molecule has 2 N–H and O–H groups in total. The second kappa shape index (κ2) is 6.45. The van der Waals surface area contributed by atoms with Gasteiger partial charge in [-0.1, -0.05) is 6.07 Å². The minimum absolute atomic E-state index is 0.143. The standard InChI is InChI=1S/C16H19F4NO4/c1-14(2,3)25-13(22)21-12-7-24-8-15(12,23)10-5-4-9(6-11(10)17)16(18,19)20/h4-6,12,23H,7-8H2,1-3H3,(H,21,22). The summed E-state index contributed by atoms with van der Waals surface area (Å²) < 4.78 is 62.3. The highest BCUT2D eigenvalue weighted by Crippen LogP contribution is 2.36. The van der Waals surface area contributed by atoms with Crippen LogP contribution in [0.15, 0.2) is 18.2 Å². The van der Waals surface area contributed by atoms with Crippen molar-refractivity contribution in [2.45, 2.75) is 44.2 Å². The van der Waals surface area contributed by atoms with Crippen molar-refractivity contribution in [1.82, 2.24) is 5.32 Å². The molecule has 1 aromatic carbocycles. The Bertz CT molecular complexity index is 657. The molecule has 0 aromatic heterocycles. The number of carbonyl (C=O) groups excluding carboxylic acids is 1. The van der Waals surface area contributed by atoms with Crippen molar-refractivity contribution in [3.8, 4) is 0 Å². The molecule has 25 heavy (non-hydrogen) atoms. The van der Waals surface area contributed by atoms with Crippen LogP contribution in [0.5, 0.6) is 0 Å². The van der Waals surface area contributed by atoms with Gasteiger partial charge in [-0.3, -0.25) is 0 Å². The van der Waals surface area contributed by atoms with Gasteiger partial charge in [0.05, 0.1) is 24.8 Å². The Morgan fingerprint density at radius 2 is 2.00 bits per heavy atom. The molecule has 2 rings (SSSR count). The Kier molecular flexibility index (Phi) is 5.02. The summed E-state index contributed by atoms with van der Waals surface area (Å²) >= 11 is 0. The first-order valence-corrected chi connectivity index (χ1v) is 7.50. The Morgan fingerprint density at radius 3 is 2.52 bits per heavy atom. The van der Waals surface area contributed by atoms with E-state index in [-0.39, 0.29) is 18.8 Å². The summed E-state index contributed by atoms with van der Waals surface area (Å²) in [6.45, 7) is 4.39. The number of ether oxygens (including phenoxy) is 2. The van der Waals surface area contributed by atoms with Crippen molar-refractivity contribution in [3.63, 3.8) is 0 Å². The lowest BCUT2D eigenvalue weighted by Gasteiger charge is -2.30. The molecule has 1 aromatic rings. The number of nitrogens with one attached hydrogen (secondary N) is 1. The Morgan fingerprint density at radius 1 is 1.36 bits per heavy atom. The summed E-state index contributed by atoms with van der Waals surface area (Å²) in [4.78, 5) is 11.9. The van der Waals surface area contributed by atoms with Crippen LogP contribution in [-0.2, 0) is 21.3 Å². The van der Waals surface area contributed by atoms with Crippen molar-refractivity contribution in [2.75, 3.05) is 13.2 Å². The van der Waals surface area contributed by atoms with Gasteiger partial charge in [-0.15, -0.1) is 0 Å². The predicted octanol–water partition coefficient (Wildman–Crippen LogP) is 2.96. The summed E-state index contributed by atoms with van der Waals surface area (Å²) in [7, 11) is 0. The molecule has 1 heterocycles. The van der Waals surface area contributed by atoms with E-state index >= 15 is 0 Å². The van der Waals surface area contributed by atoms with E-state index in [4.69, 9.17) is 9.47 Å². The fourth-order valence-electron chi connectivity index (χ4n) is 2.49. The van der Waals surface area contributed by atoms with E-state index in [0.29, 0.717) is 12.1 Å². The number of alkyl halides is 3. The molecule has 1 amide bonds. The molecular weight excluding hydrogens is 346 g/mol. The monoisotopic (exact) mass is 365 g/mol. The first kappa shape index (κ1) is 19.5. The van der Waals surface area contributed by atoms with E-state index in [2.05, 4.69) is 5.32 Å². The van der Waals surface area contributed by atoms with Gasteiger partial charge in [-0.2, -0.15) is 13.2 Å². The first-order chi connectivity index (χ1) is 11.3. The third-order valence-corrected chi connectivity index (χ3v) is 3.64. The molecule has 9 heteroatoms. The number of hydrogen-bond donors (Lipinski definition) is 2. The number of carbonyl (C=O) groups is 1. The maximum absolute atomic E-state index is 14.2. The zero-order valence-electron chi connectivity index (χ0n) is 13.9. The fraction of sp³-hybridized carbons (Fsp3) is 0.562. The molecule has 0 bridgehead atoms. The van der Waals surface area contributed by atoms with Crippen LogP contribution in [0.2, 0.25) is 0 Å². The molecule has 140 valence electrons. The van der Waals surface area contributed by atoms with Gasteiger partial charge < -0.3 is 19.9 Å². The average Bonchev–Trinajstić information content (AvgIpc) is 2.77. The van der Waals surface area contributed by atoms with Crippen LogP contribution in [0.4, 0.5) is 22.4 Å². The molecule has 1 saturated heterocycles. The molecule has 2 atom stereocenters. The molecule has 1 fully saturated rings. The van der Waals surface area contributed by atoms with Crippen molar-refractivity contribution < 1.29 is 36.9 Å². The number of rotatable bonds is 2. The summed E-state index contributed by atoms with van der Waals surface area (Å²) in [6, 6.07) is 0.736. The minimum atomic E-state index is -4.71. The van der Waals surface area contributed by atoms with E-state index in [9.17, 15) is 27.5 Å². The van der Waals surface area contributed by atoms with Gasteiger partial charge >= 0.3 is 12.3 Å². The van der Waals surface area contributed by atoms with Crippen LogP contribution < -0.4 is 5.32 Å². The van der Waals surface area contributed by atoms with Crippen LogP contribution in [0, 0.1) is 5.82 Å². The lowest BCUT2D eigenvalue weighted by atomic mass is 9.88. The summed E-state index contributed by atoms with van der Waals surface area (Å²) in [5.41, 5.74) is -4.36. The van der Waals surface area contributed by atoms with Gasteiger partial charge in [0, 0.05) is 5.56 Å². The molecule has 2 unspecified atom stereocenters. The maximum Gasteiger partial charge on any atom is 0.416 e. The average molecular weight is 365 g/mol. The number of amides is 1. The van der Waals surface area contributed by atoms with Gasteiger partial charge in [0.1, 0.15) is 17.0 Å².